The lowest BCUT2D eigenvalue weighted by Gasteiger charge is -2.65. The third kappa shape index (κ3) is 4.38. The fraction of sp³-hybridized carbons (Fsp3) is 0.719. The second-order valence-corrected chi connectivity index (χ2v) is 15.1. The Morgan fingerprint density at radius 3 is 2.42 bits per heavy atom. The molecule has 4 rings (SSSR count). The molecule has 3 aliphatic carbocycles. The van der Waals surface area contributed by atoms with Crippen molar-refractivity contribution in [1.29, 1.82) is 0 Å². The monoisotopic (exact) mass is 544 g/mol. The van der Waals surface area contributed by atoms with Gasteiger partial charge in [0.1, 0.15) is 0 Å². The van der Waals surface area contributed by atoms with E-state index in [0.717, 1.165) is 55.2 Å². The zero-order chi connectivity index (χ0) is 28.3. The Kier molecular flexibility index (Phi) is 7.53. The maximum Gasteiger partial charge on any atom is 0.309 e. The van der Waals surface area contributed by atoms with E-state index in [1.807, 2.05) is 20.8 Å². The van der Waals surface area contributed by atoms with Crippen LogP contribution in [0, 0.1) is 28.6 Å². The Balaban J connectivity index is 1.74. The summed E-state index contributed by atoms with van der Waals surface area (Å²) in [7, 11) is 0. The first kappa shape index (κ1) is 29.3. The maximum atomic E-state index is 12.0. The number of benzene rings is 1. The fourth-order valence-corrected chi connectivity index (χ4v) is 9.28. The van der Waals surface area contributed by atoms with E-state index in [1.54, 1.807) is 17.8 Å². The van der Waals surface area contributed by atoms with Crippen LogP contribution in [0.25, 0.3) is 0 Å². The van der Waals surface area contributed by atoms with Crippen molar-refractivity contribution in [3.05, 3.63) is 34.4 Å². The number of carboxylic acid groups (broad SMARTS) is 1. The van der Waals surface area contributed by atoms with Crippen molar-refractivity contribution in [2.24, 2.45) is 21.7 Å². The van der Waals surface area contributed by atoms with Gasteiger partial charge in [0.15, 0.2) is 11.5 Å². The number of aliphatic hydroxyl groups excluding tert-OH is 1. The average molecular weight is 545 g/mol. The minimum absolute atomic E-state index is 0.0139. The van der Waals surface area contributed by atoms with E-state index < -0.39 is 11.4 Å². The summed E-state index contributed by atoms with van der Waals surface area (Å²) in [6.07, 6.45) is 9.93. The van der Waals surface area contributed by atoms with Crippen molar-refractivity contribution >= 4 is 17.7 Å². The van der Waals surface area contributed by atoms with Crippen LogP contribution in [0.2, 0.25) is 0 Å². The maximum absolute atomic E-state index is 12.0. The zero-order valence-corrected chi connectivity index (χ0v) is 25.2. The fourth-order valence-electron chi connectivity index (χ4n) is 8.22. The van der Waals surface area contributed by atoms with Crippen molar-refractivity contribution in [2.75, 3.05) is 12.4 Å². The number of carbonyl (C=O) groups is 1. The Morgan fingerprint density at radius 1 is 1.13 bits per heavy atom. The summed E-state index contributed by atoms with van der Waals surface area (Å²) < 4.78 is 0. The lowest BCUT2D eigenvalue weighted by molar-refractivity contribution is -0.149. The number of aromatic hydroxyl groups is 2. The second kappa shape index (κ2) is 9.76. The number of phenols is 2. The third-order valence-corrected chi connectivity index (χ3v) is 12.6. The van der Waals surface area contributed by atoms with E-state index in [0.29, 0.717) is 18.6 Å². The van der Waals surface area contributed by atoms with Gasteiger partial charge in [-0.3, -0.25) is 4.79 Å². The summed E-state index contributed by atoms with van der Waals surface area (Å²) in [5.74, 6) is -0.176. The number of phenolic OH excluding ortho intramolecular Hbond substituents is 2. The second-order valence-electron chi connectivity index (χ2n) is 13.9. The van der Waals surface area contributed by atoms with Crippen LogP contribution in [0.4, 0.5) is 0 Å². The van der Waals surface area contributed by atoms with E-state index in [9.17, 15) is 25.2 Å². The van der Waals surface area contributed by atoms with Crippen LogP contribution in [0.5, 0.6) is 11.5 Å². The lowest BCUT2D eigenvalue weighted by Crippen LogP contribution is -2.56. The van der Waals surface area contributed by atoms with Crippen molar-refractivity contribution < 1.29 is 25.2 Å². The predicted octanol–water partition coefficient (Wildman–Crippen LogP) is 7.65. The van der Waals surface area contributed by atoms with Crippen LogP contribution in [0.1, 0.15) is 115 Å². The Hall–Kier alpha value is -1.66. The van der Waals surface area contributed by atoms with Gasteiger partial charge in [-0.25, -0.2) is 0 Å². The molecule has 4 N–H and O–H groups in total. The van der Waals surface area contributed by atoms with Crippen molar-refractivity contribution in [1.82, 2.24) is 0 Å². The van der Waals surface area contributed by atoms with Crippen LogP contribution in [-0.4, -0.2) is 38.8 Å². The molecule has 2 saturated carbocycles. The van der Waals surface area contributed by atoms with Gasteiger partial charge < -0.3 is 20.4 Å². The summed E-state index contributed by atoms with van der Waals surface area (Å²) in [4.78, 5) is 12.0. The molecule has 1 aromatic carbocycles. The van der Waals surface area contributed by atoms with E-state index in [2.05, 4.69) is 33.8 Å². The summed E-state index contributed by atoms with van der Waals surface area (Å²) in [6.45, 7) is 15.4. The van der Waals surface area contributed by atoms with Gasteiger partial charge in [-0.15, -0.1) is 11.8 Å². The van der Waals surface area contributed by atoms with Crippen molar-refractivity contribution in [3.63, 3.8) is 0 Å². The number of thioether (sulfide) groups is 1. The Morgan fingerprint density at radius 2 is 1.82 bits per heavy atom. The van der Waals surface area contributed by atoms with Crippen molar-refractivity contribution in [2.45, 2.75) is 110 Å². The topological polar surface area (TPSA) is 98.0 Å². The van der Waals surface area contributed by atoms with E-state index in [-0.39, 0.29) is 45.0 Å². The third-order valence-electron chi connectivity index (χ3n) is 11.5. The number of hydrogen-bond acceptors (Lipinski definition) is 5. The highest BCUT2D eigenvalue weighted by Gasteiger charge is 2.61. The summed E-state index contributed by atoms with van der Waals surface area (Å²) in [5.41, 5.74) is 3.64. The first-order valence-electron chi connectivity index (χ1n) is 14.3. The molecule has 3 aliphatic rings. The molecule has 212 valence electrons. The smallest absolute Gasteiger partial charge is 0.309 e. The largest absolute Gasteiger partial charge is 0.504 e. The van der Waals surface area contributed by atoms with Gasteiger partial charge >= 0.3 is 5.97 Å². The molecule has 0 aromatic heterocycles. The number of aliphatic hydroxyl groups is 1. The molecular formula is C32H48O5S. The highest BCUT2D eigenvalue weighted by molar-refractivity contribution is 7.99. The molecule has 0 aliphatic heterocycles. The van der Waals surface area contributed by atoms with Gasteiger partial charge in [-0.05, 0) is 104 Å². The standard InChI is InChI=1S/C32H48O5S/c1-8-29(4,27(36)37)11-9-28(3)10-14-32(7)24-18-23(38-16-15-33)25-20(2)26(35)22(34)17-21(25)31(24,6)13-12-30(32,5)19-28/h17-18,23,33-35H,8-16,19H2,1-7H3,(H,36,37)/t23?,28-,29+,30+,31+,32-/m1/s1. The SMILES string of the molecule is CC[C@@](C)(CC[C@]1(C)CC[C@]2(C)C3=CC(SCCO)c4c(cc(O)c(O)c4C)[C@]3(C)CC[C@@]2(C)C1)C(=O)O. The number of hydrogen-bond donors (Lipinski definition) is 4. The van der Waals surface area contributed by atoms with Gasteiger partial charge in [0, 0.05) is 16.4 Å². The van der Waals surface area contributed by atoms with Crippen LogP contribution < -0.4 is 0 Å². The number of aliphatic carboxylic acids is 1. The Labute approximate surface area is 233 Å². The van der Waals surface area contributed by atoms with Crippen molar-refractivity contribution in [3.8, 4) is 11.5 Å². The number of allylic oxidation sites excluding steroid dienone is 1. The molecule has 0 amide bonds. The minimum Gasteiger partial charge on any atom is -0.504 e. The molecule has 0 radical (unpaired) electrons. The molecule has 2 fully saturated rings. The van der Waals surface area contributed by atoms with E-state index >= 15 is 0 Å². The normalized spacial score (nSPS) is 35.9. The molecule has 5 nitrogen and oxygen atoms in total. The van der Waals surface area contributed by atoms with Crippen LogP contribution >= 0.6 is 11.8 Å². The number of rotatable bonds is 8. The highest BCUT2D eigenvalue weighted by atomic mass is 32.2. The first-order valence-corrected chi connectivity index (χ1v) is 15.4. The molecule has 0 heterocycles. The van der Waals surface area contributed by atoms with E-state index in [4.69, 9.17) is 0 Å². The lowest BCUT2D eigenvalue weighted by atomic mass is 9.40. The predicted molar refractivity (Wildman–Crippen MR) is 155 cm³/mol. The average Bonchev–Trinajstić information content (AvgIpc) is 2.86. The first-order chi connectivity index (χ1) is 17.6. The van der Waals surface area contributed by atoms with Crippen LogP contribution in [0.15, 0.2) is 17.7 Å². The molecule has 0 spiro atoms. The summed E-state index contributed by atoms with van der Waals surface area (Å²) >= 11 is 1.70. The highest BCUT2D eigenvalue weighted by Crippen LogP contribution is 2.71. The van der Waals surface area contributed by atoms with Gasteiger partial charge in [0.2, 0.25) is 0 Å². The Bertz CT molecular complexity index is 1150. The number of carboxylic acids is 1. The van der Waals surface area contributed by atoms with Gasteiger partial charge in [-0.2, -0.15) is 0 Å². The quantitative estimate of drug-likeness (QED) is 0.198. The molecular weight excluding hydrogens is 496 g/mol. The zero-order valence-electron chi connectivity index (χ0n) is 24.4. The summed E-state index contributed by atoms with van der Waals surface area (Å²) in [5, 5.41) is 40.8. The van der Waals surface area contributed by atoms with Gasteiger partial charge in [0.25, 0.3) is 0 Å². The number of fused-ring (bicyclic) bond motifs is 5. The molecule has 6 atom stereocenters. The molecule has 0 saturated heterocycles. The minimum atomic E-state index is -0.689. The summed E-state index contributed by atoms with van der Waals surface area (Å²) in [6, 6.07) is 1.80. The molecule has 1 aromatic rings. The molecule has 6 heteroatoms. The molecule has 1 unspecified atom stereocenters. The molecule has 0 bridgehead atoms. The van der Waals surface area contributed by atoms with E-state index in [1.165, 1.54) is 5.57 Å². The molecule has 38 heavy (non-hydrogen) atoms. The van der Waals surface area contributed by atoms with Crippen LogP contribution in [0.3, 0.4) is 0 Å². The van der Waals surface area contributed by atoms with Gasteiger partial charge in [0.05, 0.1) is 12.0 Å². The van der Waals surface area contributed by atoms with Gasteiger partial charge in [-0.1, -0.05) is 46.3 Å². The van der Waals surface area contributed by atoms with Crippen LogP contribution in [-0.2, 0) is 10.2 Å².